The summed E-state index contributed by atoms with van der Waals surface area (Å²) in [6.45, 7) is 0. The fourth-order valence-corrected chi connectivity index (χ4v) is 2.66. The molecule has 0 aliphatic carbocycles. The van der Waals surface area contributed by atoms with E-state index >= 15 is 0 Å². The van der Waals surface area contributed by atoms with Gasteiger partial charge in [0.05, 0.1) is 16.7 Å². The van der Waals surface area contributed by atoms with Crippen molar-refractivity contribution in [2.75, 3.05) is 0 Å². The van der Waals surface area contributed by atoms with Gasteiger partial charge in [0.25, 0.3) is 0 Å². The Morgan fingerprint density at radius 3 is 2.94 bits per heavy atom. The summed E-state index contributed by atoms with van der Waals surface area (Å²) in [5.74, 6) is -0.461. The van der Waals surface area contributed by atoms with Crippen LogP contribution in [-0.4, -0.2) is 21.0 Å². The fraction of sp³-hybridized carbons (Fsp3) is 0.200. The molecule has 16 heavy (non-hydrogen) atoms. The third-order valence-corrected chi connectivity index (χ3v) is 3.51. The highest BCUT2D eigenvalue weighted by Gasteiger charge is 2.21. The van der Waals surface area contributed by atoms with Crippen LogP contribution in [0.15, 0.2) is 24.5 Å². The molecule has 2 aromatic heterocycles. The maximum absolute atomic E-state index is 10.8. The van der Waals surface area contributed by atoms with Crippen LogP contribution in [0, 0.1) is 0 Å². The Morgan fingerprint density at radius 1 is 1.62 bits per heavy atom. The first kappa shape index (κ1) is 11.2. The number of carboxylic acid groups (broad SMARTS) is 1. The number of aliphatic carboxylic acids is 1. The molecule has 0 amide bonds. The Bertz CT molecular complexity index is 481. The number of nitrogens with one attached hydrogen (secondary N) is 1. The third kappa shape index (κ3) is 2.43. The van der Waals surface area contributed by atoms with Crippen LogP contribution in [0.25, 0.3) is 0 Å². The summed E-state index contributed by atoms with van der Waals surface area (Å²) in [4.78, 5) is 18.8. The molecular formula is C10H9ClN2O2S. The Hall–Kier alpha value is -1.33. The van der Waals surface area contributed by atoms with E-state index in [0.717, 1.165) is 4.88 Å². The van der Waals surface area contributed by atoms with E-state index in [0.29, 0.717) is 10.2 Å². The second-order valence-electron chi connectivity index (χ2n) is 3.27. The Morgan fingerprint density at radius 2 is 2.44 bits per heavy atom. The number of hydrogen-bond donors (Lipinski definition) is 2. The van der Waals surface area contributed by atoms with Crippen molar-refractivity contribution in [2.24, 2.45) is 0 Å². The molecular weight excluding hydrogens is 248 g/mol. The summed E-state index contributed by atoms with van der Waals surface area (Å²) in [6, 6.07) is 3.60. The Labute approximate surface area is 101 Å². The number of aromatic amines is 1. The van der Waals surface area contributed by atoms with Crippen LogP contribution in [0.4, 0.5) is 0 Å². The number of hydrogen-bond acceptors (Lipinski definition) is 3. The van der Waals surface area contributed by atoms with Crippen molar-refractivity contribution in [1.82, 2.24) is 9.97 Å². The molecule has 2 rings (SSSR count). The first-order valence-electron chi connectivity index (χ1n) is 4.63. The molecule has 4 nitrogen and oxygen atoms in total. The first-order valence-corrected chi connectivity index (χ1v) is 5.82. The predicted octanol–water partition coefficient (Wildman–Crippen LogP) is 2.73. The zero-order valence-electron chi connectivity index (χ0n) is 8.18. The molecule has 2 N–H and O–H groups in total. The van der Waals surface area contributed by atoms with Gasteiger partial charge in [-0.2, -0.15) is 0 Å². The molecule has 6 heteroatoms. The van der Waals surface area contributed by atoms with Gasteiger partial charge in [-0.05, 0) is 12.1 Å². The molecule has 0 aliphatic heterocycles. The van der Waals surface area contributed by atoms with Crippen molar-refractivity contribution in [3.05, 3.63) is 39.6 Å². The monoisotopic (exact) mass is 256 g/mol. The number of aromatic nitrogens is 2. The van der Waals surface area contributed by atoms with Crippen molar-refractivity contribution < 1.29 is 9.90 Å². The fourth-order valence-electron chi connectivity index (χ4n) is 1.49. The van der Waals surface area contributed by atoms with Crippen LogP contribution in [0.1, 0.15) is 23.0 Å². The summed E-state index contributed by atoms with van der Waals surface area (Å²) in [6.07, 6.45) is 3.29. The molecule has 0 fully saturated rings. The van der Waals surface area contributed by atoms with E-state index < -0.39 is 5.97 Å². The Balaban J connectivity index is 2.31. The van der Waals surface area contributed by atoms with Crippen LogP contribution in [0.5, 0.6) is 0 Å². The molecule has 1 unspecified atom stereocenters. The van der Waals surface area contributed by atoms with Gasteiger partial charge < -0.3 is 10.1 Å². The molecule has 0 radical (unpaired) electrons. The lowest BCUT2D eigenvalue weighted by Crippen LogP contribution is -2.08. The third-order valence-electron chi connectivity index (χ3n) is 2.17. The number of carboxylic acids is 1. The van der Waals surface area contributed by atoms with E-state index in [9.17, 15) is 4.79 Å². The summed E-state index contributed by atoms with van der Waals surface area (Å²) < 4.78 is 0.650. The number of nitrogens with zero attached hydrogens (tertiary/aromatic N) is 1. The average molecular weight is 257 g/mol. The summed E-state index contributed by atoms with van der Waals surface area (Å²) in [5, 5.41) is 8.88. The van der Waals surface area contributed by atoms with Crippen molar-refractivity contribution in [2.45, 2.75) is 12.3 Å². The molecule has 0 aliphatic rings. The van der Waals surface area contributed by atoms with Crippen molar-refractivity contribution in [3.8, 4) is 0 Å². The zero-order chi connectivity index (χ0) is 11.5. The largest absolute Gasteiger partial charge is 0.481 e. The molecule has 84 valence electrons. The number of H-pyrrole nitrogens is 1. The maximum atomic E-state index is 10.8. The van der Waals surface area contributed by atoms with E-state index in [-0.39, 0.29) is 12.3 Å². The standard InChI is InChI=1S/C10H9ClN2O2S/c11-8-2-1-7(16-8)6(5-9(14)15)10-12-3-4-13-10/h1-4,6H,5H2,(H,12,13)(H,14,15). The number of rotatable bonds is 4. The van der Waals surface area contributed by atoms with Gasteiger partial charge >= 0.3 is 5.97 Å². The summed E-state index contributed by atoms with van der Waals surface area (Å²) in [5.41, 5.74) is 0. The minimum Gasteiger partial charge on any atom is -0.481 e. The van der Waals surface area contributed by atoms with Crippen LogP contribution in [-0.2, 0) is 4.79 Å². The topological polar surface area (TPSA) is 66.0 Å². The minimum atomic E-state index is -0.856. The number of carbonyl (C=O) groups is 1. The molecule has 0 aromatic carbocycles. The minimum absolute atomic E-state index is 0.00432. The number of imidazole rings is 1. The Kier molecular flexibility index (Phi) is 3.26. The van der Waals surface area contributed by atoms with Crippen LogP contribution < -0.4 is 0 Å². The van der Waals surface area contributed by atoms with Gasteiger partial charge in [0, 0.05) is 17.3 Å². The van der Waals surface area contributed by atoms with E-state index in [1.165, 1.54) is 11.3 Å². The molecule has 0 spiro atoms. The highest BCUT2D eigenvalue weighted by Crippen LogP contribution is 2.33. The van der Waals surface area contributed by atoms with Gasteiger partial charge in [0.1, 0.15) is 5.82 Å². The van der Waals surface area contributed by atoms with Crippen LogP contribution in [0.3, 0.4) is 0 Å². The lowest BCUT2D eigenvalue weighted by atomic mass is 10.0. The van der Waals surface area contributed by atoms with Crippen molar-refractivity contribution >= 4 is 28.9 Å². The summed E-state index contributed by atoms with van der Waals surface area (Å²) >= 11 is 7.22. The van der Waals surface area contributed by atoms with Gasteiger partial charge in [-0.3, -0.25) is 4.79 Å². The first-order chi connectivity index (χ1) is 7.66. The van der Waals surface area contributed by atoms with Gasteiger partial charge in [0.15, 0.2) is 0 Å². The van der Waals surface area contributed by atoms with E-state index in [1.807, 2.05) is 6.07 Å². The highest BCUT2D eigenvalue weighted by atomic mass is 35.5. The van der Waals surface area contributed by atoms with E-state index in [1.54, 1.807) is 18.5 Å². The second kappa shape index (κ2) is 4.67. The van der Waals surface area contributed by atoms with Crippen LogP contribution >= 0.6 is 22.9 Å². The van der Waals surface area contributed by atoms with Crippen molar-refractivity contribution in [1.29, 1.82) is 0 Å². The SMILES string of the molecule is O=C(O)CC(c1ncc[nH]1)c1ccc(Cl)s1. The van der Waals surface area contributed by atoms with E-state index in [4.69, 9.17) is 16.7 Å². The number of thiophene rings is 1. The molecule has 0 saturated heterocycles. The lowest BCUT2D eigenvalue weighted by molar-refractivity contribution is -0.137. The highest BCUT2D eigenvalue weighted by molar-refractivity contribution is 7.16. The summed E-state index contributed by atoms with van der Waals surface area (Å²) in [7, 11) is 0. The van der Waals surface area contributed by atoms with E-state index in [2.05, 4.69) is 9.97 Å². The molecule has 1 atom stereocenters. The molecule has 0 bridgehead atoms. The van der Waals surface area contributed by atoms with Gasteiger partial charge in [0.2, 0.25) is 0 Å². The van der Waals surface area contributed by atoms with Crippen molar-refractivity contribution in [3.63, 3.8) is 0 Å². The quantitative estimate of drug-likeness (QED) is 0.884. The molecule has 2 heterocycles. The average Bonchev–Trinajstić information content (AvgIpc) is 2.84. The second-order valence-corrected chi connectivity index (χ2v) is 5.01. The van der Waals surface area contributed by atoms with Gasteiger partial charge in [-0.15, -0.1) is 11.3 Å². The molecule has 2 aromatic rings. The predicted molar refractivity (Wildman–Crippen MR) is 62.0 cm³/mol. The maximum Gasteiger partial charge on any atom is 0.304 e. The van der Waals surface area contributed by atoms with Crippen LogP contribution in [0.2, 0.25) is 4.34 Å². The smallest absolute Gasteiger partial charge is 0.304 e. The normalized spacial score (nSPS) is 12.6. The lowest BCUT2D eigenvalue weighted by Gasteiger charge is -2.09. The van der Waals surface area contributed by atoms with Gasteiger partial charge in [-0.1, -0.05) is 11.6 Å². The zero-order valence-corrected chi connectivity index (χ0v) is 9.76. The molecule has 0 saturated carbocycles. The van der Waals surface area contributed by atoms with Gasteiger partial charge in [-0.25, -0.2) is 4.98 Å². The number of halogens is 1.